The Bertz CT molecular complexity index is 485. The van der Waals surface area contributed by atoms with Crippen LogP contribution in [0.4, 0.5) is 4.39 Å². The van der Waals surface area contributed by atoms with Crippen LogP contribution in [0, 0.1) is 0 Å². The zero-order valence-electron chi connectivity index (χ0n) is 13.2. The lowest BCUT2D eigenvalue weighted by atomic mass is 10.0. The average molecular weight is 309 g/mol. The molecule has 0 saturated carbocycles. The van der Waals surface area contributed by atoms with Gasteiger partial charge in [-0.25, -0.2) is 4.39 Å². The molecule has 0 bridgehead atoms. The van der Waals surface area contributed by atoms with Gasteiger partial charge in [0.2, 0.25) is 0 Å². The van der Waals surface area contributed by atoms with Gasteiger partial charge in [-0.05, 0) is 42.5 Å². The molecule has 1 rings (SSSR count). The first-order chi connectivity index (χ1) is 10.6. The Morgan fingerprint density at radius 2 is 2.05 bits per heavy atom. The predicted octanol–water partition coefficient (Wildman–Crippen LogP) is 3.15. The topological polar surface area (TPSA) is 61.5 Å². The first-order valence-corrected chi connectivity index (χ1v) is 7.46. The lowest BCUT2D eigenvalue weighted by molar-refractivity contribution is -0.144. The second kappa shape index (κ2) is 9.95. The number of nitrogens with two attached hydrogens (primary N) is 1. The van der Waals surface area contributed by atoms with E-state index in [1.54, 1.807) is 7.11 Å². The van der Waals surface area contributed by atoms with Gasteiger partial charge in [-0.2, -0.15) is 0 Å². The molecule has 0 aromatic heterocycles. The number of carbonyl (C=O) groups excluding carboxylic acids is 1. The van der Waals surface area contributed by atoms with Crippen LogP contribution >= 0.6 is 0 Å². The van der Waals surface area contributed by atoms with Gasteiger partial charge in [0.1, 0.15) is 11.8 Å². The molecular weight excluding hydrogens is 285 g/mol. The minimum atomic E-state index is -1.04. The molecule has 122 valence electrons. The number of ether oxygens (including phenoxy) is 2. The van der Waals surface area contributed by atoms with Gasteiger partial charge < -0.3 is 15.2 Å². The van der Waals surface area contributed by atoms with Crippen molar-refractivity contribution in [3.05, 3.63) is 41.7 Å². The van der Waals surface area contributed by atoms with Gasteiger partial charge in [0.15, 0.2) is 0 Å². The molecule has 0 spiro atoms. The van der Waals surface area contributed by atoms with E-state index in [0.29, 0.717) is 25.8 Å². The number of aryl methyl sites for hydroxylation is 1. The summed E-state index contributed by atoms with van der Waals surface area (Å²) in [6.07, 6.45) is 3.07. The Labute approximate surface area is 131 Å². The summed E-state index contributed by atoms with van der Waals surface area (Å²) in [5.74, 6) is 0.188. The second-order valence-corrected chi connectivity index (χ2v) is 5.03. The third-order valence-corrected chi connectivity index (χ3v) is 3.40. The van der Waals surface area contributed by atoms with Crippen LogP contribution < -0.4 is 10.5 Å². The van der Waals surface area contributed by atoms with Gasteiger partial charge >= 0.3 is 5.97 Å². The van der Waals surface area contributed by atoms with Crippen LogP contribution in [-0.4, -0.2) is 25.7 Å². The first kappa shape index (κ1) is 18.2. The molecule has 0 amide bonds. The Balaban J connectivity index is 2.51. The fourth-order valence-corrected chi connectivity index (χ4v) is 1.92. The monoisotopic (exact) mass is 309 g/mol. The second-order valence-electron chi connectivity index (χ2n) is 5.03. The molecule has 22 heavy (non-hydrogen) atoms. The molecule has 4 nitrogen and oxygen atoms in total. The van der Waals surface area contributed by atoms with Gasteiger partial charge in [-0.3, -0.25) is 4.79 Å². The van der Waals surface area contributed by atoms with E-state index in [4.69, 9.17) is 15.2 Å². The number of esters is 1. The number of unbranched alkanes of at least 4 members (excludes halogenated alkanes) is 1. The summed E-state index contributed by atoms with van der Waals surface area (Å²) in [5.41, 5.74) is 7.03. The Morgan fingerprint density at radius 1 is 1.36 bits per heavy atom. The quantitative estimate of drug-likeness (QED) is 0.562. The highest BCUT2D eigenvalue weighted by atomic mass is 19.1. The van der Waals surface area contributed by atoms with Crippen LogP contribution in [-0.2, 0) is 16.0 Å². The lowest BCUT2D eigenvalue weighted by Crippen LogP contribution is -2.34. The van der Waals surface area contributed by atoms with Crippen molar-refractivity contribution in [1.29, 1.82) is 0 Å². The highest BCUT2D eigenvalue weighted by Gasteiger charge is 2.20. The van der Waals surface area contributed by atoms with Crippen molar-refractivity contribution in [3.8, 4) is 5.75 Å². The van der Waals surface area contributed by atoms with Crippen LogP contribution in [0.1, 0.15) is 31.7 Å². The highest BCUT2D eigenvalue weighted by molar-refractivity contribution is 5.79. The van der Waals surface area contributed by atoms with E-state index in [2.05, 4.69) is 0 Å². The van der Waals surface area contributed by atoms with Crippen LogP contribution in [0.25, 0.3) is 0 Å². The predicted molar refractivity (Wildman–Crippen MR) is 84.3 cm³/mol. The lowest BCUT2D eigenvalue weighted by Gasteiger charge is -2.14. The summed E-state index contributed by atoms with van der Waals surface area (Å²) < 4.78 is 23.1. The Hall–Kier alpha value is -1.88. The molecule has 0 aliphatic carbocycles. The number of hydrogen-bond acceptors (Lipinski definition) is 4. The summed E-state index contributed by atoms with van der Waals surface area (Å²) in [7, 11) is 1.60. The van der Waals surface area contributed by atoms with E-state index in [-0.39, 0.29) is 5.57 Å². The third kappa shape index (κ3) is 5.85. The van der Waals surface area contributed by atoms with Crippen molar-refractivity contribution in [3.63, 3.8) is 0 Å². The van der Waals surface area contributed by atoms with Gasteiger partial charge in [0.25, 0.3) is 0 Å². The smallest absolute Gasteiger partial charge is 0.327 e. The third-order valence-electron chi connectivity index (χ3n) is 3.40. The van der Waals surface area contributed by atoms with Gasteiger partial charge in [0.05, 0.1) is 20.0 Å². The van der Waals surface area contributed by atoms with E-state index in [1.165, 1.54) is 0 Å². The van der Waals surface area contributed by atoms with Crippen molar-refractivity contribution >= 4 is 5.97 Å². The highest BCUT2D eigenvalue weighted by Crippen LogP contribution is 2.16. The van der Waals surface area contributed by atoms with Crippen molar-refractivity contribution in [2.75, 3.05) is 13.7 Å². The molecule has 5 heteroatoms. The van der Waals surface area contributed by atoms with Crippen molar-refractivity contribution in [2.45, 2.75) is 38.6 Å². The van der Waals surface area contributed by atoms with Gasteiger partial charge in [-0.1, -0.05) is 25.5 Å². The van der Waals surface area contributed by atoms with E-state index in [1.807, 2.05) is 31.2 Å². The number of methoxy groups -OCH3 is 1. The molecule has 0 aliphatic heterocycles. The summed E-state index contributed by atoms with van der Waals surface area (Å²) in [4.78, 5) is 11.7. The van der Waals surface area contributed by atoms with Gasteiger partial charge in [-0.15, -0.1) is 0 Å². The van der Waals surface area contributed by atoms with Crippen LogP contribution in [0.3, 0.4) is 0 Å². The Morgan fingerprint density at radius 3 is 2.59 bits per heavy atom. The molecular formula is C17H24FNO3. The Kier molecular flexibility index (Phi) is 8.22. The maximum absolute atomic E-state index is 13.0. The van der Waals surface area contributed by atoms with E-state index in [0.717, 1.165) is 24.2 Å². The fourth-order valence-electron chi connectivity index (χ4n) is 1.92. The SMILES string of the molecule is CCCCOC(=O)C(N)/C(=C/F)CCc1ccc(OC)cc1. The summed E-state index contributed by atoms with van der Waals surface area (Å²) >= 11 is 0. The van der Waals surface area contributed by atoms with Crippen LogP contribution in [0.2, 0.25) is 0 Å². The molecule has 0 aliphatic rings. The zero-order chi connectivity index (χ0) is 16.4. The number of benzene rings is 1. The normalized spacial score (nSPS) is 12.8. The average Bonchev–Trinajstić information content (AvgIpc) is 2.55. The largest absolute Gasteiger partial charge is 0.497 e. The standard InChI is InChI=1S/C17H24FNO3/c1-3-4-11-22-17(20)16(19)14(12-18)8-5-13-6-9-15(21-2)10-7-13/h6-7,9-10,12,16H,3-5,8,11,19H2,1-2H3/b14-12+. The van der Waals surface area contributed by atoms with E-state index in [9.17, 15) is 9.18 Å². The van der Waals surface area contributed by atoms with Crippen LogP contribution in [0.15, 0.2) is 36.2 Å². The maximum atomic E-state index is 13.0. The summed E-state index contributed by atoms with van der Waals surface area (Å²) in [6, 6.07) is 6.44. The van der Waals surface area contributed by atoms with Crippen molar-refractivity contribution in [2.24, 2.45) is 5.73 Å². The number of carbonyl (C=O) groups is 1. The molecule has 1 aromatic carbocycles. The van der Waals surface area contributed by atoms with Crippen LogP contribution in [0.5, 0.6) is 5.75 Å². The number of halogens is 1. The fraction of sp³-hybridized carbons (Fsp3) is 0.471. The molecule has 1 unspecified atom stereocenters. The molecule has 0 heterocycles. The number of rotatable bonds is 9. The molecule has 0 saturated heterocycles. The molecule has 1 aromatic rings. The first-order valence-electron chi connectivity index (χ1n) is 7.46. The minimum Gasteiger partial charge on any atom is -0.497 e. The van der Waals surface area contributed by atoms with Crippen molar-refractivity contribution < 1.29 is 18.7 Å². The maximum Gasteiger partial charge on any atom is 0.327 e. The summed E-state index contributed by atoms with van der Waals surface area (Å²) in [6.45, 7) is 2.32. The molecule has 2 N–H and O–H groups in total. The zero-order valence-corrected chi connectivity index (χ0v) is 13.2. The van der Waals surface area contributed by atoms with Crippen molar-refractivity contribution in [1.82, 2.24) is 0 Å². The van der Waals surface area contributed by atoms with E-state index < -0.39 is 12.0 Å². The number of hydrogen-bond donors (Lipinski definition) is 1. The van der Waals surface area contributed by atoms with Gasteiger partial charge in [0, 0.05) is 0 Å². The molecule has 0 radical (unpaired) electrons. The molecule has 1 atom stereocenters. The molecule has 0 fully saturated rings. The van der Waals surface area contributed by atoms with E-state index >= 15 is 0 Å². The minimum absolute atomic E-state index is 0.248. The summed E-state index contributed by atoms with van der Waals surface area (Å²) in [5, 5.41) is 0.